The third kappa shape index (κ3) is 4.63. The van der Waals surface area contributed by atoms with E-state index in [-0.39, 0.29) is 4.90 Å². The number of hydrogen-bond donors (Lipinski definition) is 2. The lowest BCUT2D eigenvalue weighted by atomic mass is 10.0. The van der Waals surface area contributed by atoms with Crippen LogP contribution in [0.5, 0.6) is 17.2 Å². The summed E-state index contributed by atoms with van der Waals surface area (Å²) in [5.41, 5.74) is -0.744. The van der Waals surface area contributed by atoms with Crippen LogP contribution in [0.4, 0.5) is 0 Å². The van der Waals surface area contributed by atoms with Crippen LogP contribution in [0, 0.1) is 0 Å². The first-order valence-corrected chi connectivity index (χ1v) is 10.5. The normalized spacial score (nSPS) is 16.4. The third-order valence-corrected chi connectivity index (χ3v) is 6.07. The van der Waals surface area contributed by atoms with E-state index in [0.29, 0.717) is 35.8 Å². The third-order valence-electron chi connectivity index (χ3n) is 4.58. The molecular formula is C20H23NO7S. The highest BCUT2D eigenvalue weighted by molar-refractivity contribution is 7.89. The number of hydrogen-bond acceptors (Lipinski definition) is 6. The van der Waals surface area contributed by atoms with Crippen molar-refractivity contribution in [1.82, 2.24) is 4.72 Å². The standard InChI is InChI=1S/C20H23NO7S/c1-20(2,19(22)23)28-14-6-9-16-17(10-11-27-18(16)12-14)21-29(24,25)15-7-4-13(26-3)5-8-15/h4-9,12,17,21H,10-11H2,1-3H3,(H,22,23). The zero-order valence-electron chi connectivity index (χ0n) is 16.3. The van der Waals surface area contributed by atoms with E-state index in [1.807, 2.05) is 0 Å². The minimum absolute atomic E-state index is 0.134. The number of benzene rings is 2. The Labute approximate surface area is 169 Å². The fourth-order valence-electron chi connectivity index (χ4n) is 2.90. The zero-order valence-corrected chi connectivity index (χ0v) is 17.2. The largest absolute Gasteiger partial charge is 0.497 e. The summed E-state index contributed by atoms with van der Waals surface area (Å²) in [6.07, 6.45) is 0.462. The zero-order chi connectivity index (χ0) is 21.2. The molecule has 9 heteroatoms. The number of carboxylic acid groups (broad SMARTS) is 1. The van der Waals surface area contributed by atoms with E-state index in [1.54, 1.807) is 30.3 Å². The van der Waals surface area contributed by atoms with Gasteiger partial charge in [0.1, 0.15) is 17.2 Å². The molecule has 0 radical (unpaired) electrons. The molecule has 0 saturated heterocycles. The Bertz CT molecular complexity index is 1000. The van der Waals surface area contributed by atoms with Gasteiger partial charge in [0.15, 0.2) is 5.60 Å². The number of fused-ring (bicyclic) bond motifs is 1. The van der Waals surface area contributed by atoms with Crippen LogP contribution in [0.2, 0.25) is 0 Å². The van der Waals surface area contributed by atoms with E-state index in [0.717, 1.165) is 0 Å². The van der Waals surface area contributed by atoms with Gasteiger partial charge in [0, 0.05) is 18.1 Å². The van der Waals surface area contributed by atoms with Crippen molar-refractivity contribution in [3.63, 3.8) is 0 Å². The van der Waals surface area contributed by atoms with Gasteiger partial charge in [0.25, 0.3) is 0 Å². The van der Waals surface area contributed by atoms with Gasteiger partial charge < -0.3 is 19.3 Å². The van der Waals surface area contributed by atoms with Gasteiger partial charge in [-0.25, -0.2) is 17.9 Å². The Morgan fingerprint density at radius 2 is 1.83 bits per heavy atom. The van der Waals surface area contributed by atoms with Crippen molar-refractivity contribution in [1.29, 1.82) is 0 Å². The molecule has 29 heavy (non-hydrogen) atoms. The van der Waals surface area contributed by atoms with Gasteiger partial charge in [-0.2, -0.15) is 0 Å². The summed E-state index contributed by atoms with van der Waals surface area (Å²) in [6, 6.07) is 10.5. The molecule has 2 aromatic carbocycles. The summed E-state index contributed by atoms with van der Waals surface area (Å²) >= 11 is 0. The van der Waals surface area contributed by atoms with Crippen molar-refractivity contribution in [2.24, 2.45) is 0 Å². The molecule has 1 unspecified atom stereocenters. The van der Waals surface area contributed by atoms with E-state index in [4.69, 9.17) is 14.2 Å². The summed E-state index contributed by atoms with van der Waals surface area (Å²) in [6.45, 7) is 3.21. The Kier molecular flexibility index (Phi) is 5.72. The van der Waals surface area contributed by atoms with Gasteiger partial charge >= 0.3 is 5.97 Å². The minimum atomic E-state index is -3.75. The number of aliphatic carboxylic acids is 1. The first kappa shape index (κ1) is 20.9. The number of carboxylic acids is 1. The average molecular weight is 421 g/mol. The van der Waals surface area contributed by atoms with Crippen molar-refractivity contribution >= 4 is 16.0 Å². The van der Waals surface area contributed by atoms with Gasteiger partial charge in [-0.15, -0.1) is 0 Å². The van der Waals surface area contributed by atoms with E-state index in [9.17, 15) is 18.3 Å². The maximum Gasteiger partial charge on any atom is 0.347 e. The molecule has 2 aromatic rings. The lowest BCUT2D eigenvalue weighted by Crippen LogP contribution is -2.38. The second-order valence-electron chi connectivity index (χ2n) is 7.10. The highest BCUT2D eigenvalue weighted by Gasteiger charge is 2.31. The molecule has 0 amide bonds. The average Bonchev–Trinajstić information content (AvgIpc) is 2.67. The Balaban J connectivity index is 1.82. The summed E-state index contributed by atoms with van der Waals surface area (Å²) in [5, 5.41) is 9.21. The van der Waals surface area contributed by atoms with Gasteiger partial charge in [-0.05, 0) is 44.2 Å². The number of nitrogens with one attached hydrogen (secondary N) is 1. The molecule has 0 aliphatic carbocycles. The first-order chi connectivity index (χ1) is 13.6. The molecule has 0 spiro atoms. The molecule has 0 bridgehead atoms. The lowest BCUT2D eigenvalue weighted by Gasteiger charge is -2.28. The fraction of sp³-hybridized carbons (Fsp3) is 0.350. The van der Waals surface area contributed by atoms with E-state index in [2.05, 4.69) is 4.72 Å². The van der Waals surface area contributed by atoms with Crippen LogP contribution in [0.3, 0.4) is 0 Å². The highest BCUT2D eigenvalue weighted by Crippen LogP contribution is 2.36. The van der Waals surface area contributed by atoms with E-state index >= 15 is 0 Å². The second kappa shape index (κ2) is 7.92. The van der Waals surface area contributed by atoms with Crippen molar-refractivity contribution in [3.8, 4) is 17.2 Å². The topological polar surface area (TPSA) is 111 Å². The van der Waals surface area contributed by atoms with Crippen LogP contribution in [-0.4, -0.2) is 38.8 Å². The van der Waals surface area contributed by atoms with Crippen LogP contribution in [0.25, 0.3) is 0 Å². The van der Waals surface area contributed by atoms with Crippen molar-refractivity contribution in [2.45, 2.75) is 36.8 Å². The molecular weight excluding hydrogens is 398 g/mol. The maximum absolute atomic E-state index is 12.8. The molecule has 1 aliphatic heterocycles. The van der Waals surface area contributed by atoms with Gasteiger partial charge in [-0.3, -0.25) is 0 Å². The fourth-order valence-corrected chi connectivity index (χ4v) is 4.15. The predicted molar refractivity (Wildman–Crippen MR) is 105 cm³/mol. The smallest absolute Gasteiger partial charge is 0.347 e. The predicted octanol–water partition coefficient (Wildman–Crippen LogP) is 2.74. The van der Waals surface area contributed by atoms with Crippen molar-refractivity contribution in [2.75, 3.05) is 13.7 Å². The number of carbonyl (C=O) groups is 1. The maximum atomic E-state index is 12.8. The quantitative estimate of drug-likeness (QED) is 0.707. The van der Waals surface area contributed by atoms with E-state index in [1.165, 1.54) is 33.1 Å². The monoisotopic (exact) mass is 421 g/mol. The Morgan fingerprint density at radius 3 is 2.45 bits per heavy atom. The number of sulfonamides is 1. The Morgan fingerprint density at radius 1 is 1.17 bits per heavy atom. The molecule has 1 heterocycles. The number of methoxy groups -OCH3 is 1. The Hall–Kier alpha value is -2.78. The van der Waals surface area contributed by atoms with Crippen LogP contribution < -0.4 is 18.9 Å². The second-order valence-corrected chi connectivity index (χ2v) is 8.82. The lowest BCUT2D eigenvalue weighted by molar-refractivity contribution is -0.152. The van der Waals surface area contributed by atoms with Gasteiger partial charge in [-0.1, -0.05) is 6.07 Å². The number of rotatable bonds is 7. The molecule has 1 atom stereocenters. The summed E-state index contributed by atoms with van der Waals surface area (Å²) in [5.74, 6) is 0.255. The molecule has 8 nitrogen and oxygen atoms in total. The highest BCUT2D eigenvalue weighted by atomic mass is 32.2. The molecule has 0 saturated carbocycles. The first-order valence-electron chi connectivity index (χ1n) is 8.98. The van der Waals surface area contributed by atoms with Crippen LogP contribution >= 0.6 is 0 Å². The van der Waals surface area contributed by atoms with Crippen molar-refractivity contribution in [3.05, 3.63) is 48.0 Å². The van der Waals surface area contributed by atoms with E-state index < -0.39 is 27.6 Å². The SMILES string of the molecule is COc1ccc(S(=O)(=O)NC2CCOc3cc(OC(C)(C)C(=O)O)ccc32)cc1. The van der Waals surface area contributed by atoms with Crippen LogP contribution in [0.15, 0.2) is 47.4 Å². The molecule has 3 rings (SSSR count). The minimum Gasteiger partial charge on any atom is -0.497 e. The number of ether oxygens (including phenoxy) is 3. The van der Waals surface area contributed by atoms with Crippen LogP contribution in [-0.2, 0) is 14.8 Å². The van der Waals surface area contributed by atoms with Gasteiger partial charge in [0.2, 0.25) is 10.0 Å². The molecule has 1 aliphatic rings. The van der Waals surface area contributed by atoms with Crippen molar-refractivity contribution < 1.29 is 32.5 Å². The summed E-state index contributed by atoms with van der Waals surface area (Å²) in [7, 11) is -2.24. The summed E-state index contributed by atoms with van der Waals surface area (Å²) < 4.78 is 44.4. The van der Waals surface area contributed by atoms with Gasteiger partial charge in [0.05, 0.1) is 24.7 Å². The summed E-state index contributed by atoms with van der Waals surface area (Å²) in [4.78, 5) is 11.4. The molecule has 2 N–H and O–H groups in total. The molecule has 156 valence electrons. The van der Waals surface area contributed by atoms with Crippen LogP contribution in [0.1, 0.15) is 31.9 Å². The molecule has 0 aromatic heterocycles. The molecule has 0 fully saturated rings.